The lowest BCUT2D eigenvalue weighted by molar-refractivity contribution is -0.144. The van der Waals surface area contributed by atoms with E-state index < -0.39 is 24.5 Å². The molecular weight excluding hydrogens is 358 g/mol. The number of carbonyl (C=O) groups is 3. The van der Waals surface area contributed by atoms with Gasteiger partial charge in [-0.1, -0.05) is 43.0 Å². The molecule has 2 rings (SSSR count). The Kier molecular flexibility index (Phi) is 7.72. The zero-order valence-electron chi connectivity index (χ0n) is 14.5. The Labute approximate surface area is 157 Å². The Morgan fingerprint density at radius 2 is 1.77 bits per heavy atom. The normalized spacial score (nSPS) is 14.5. The van der Waals surface area contributed by atoms with Gasteiger partial charge in [-0.05, 0) is 30.5 Å². The van der Waals surface area contributed by atoms with Crippen LogP contribution in [-0.4, -0.2) is 47.0 Å². The molecule has 8 heteroatoms. The number of rotatable bonds is 7. The number of halogens is 1. The van der Waals surface area contributed by atoms with Crippen LogP contribution in [0.5, 0.6) is 0 Å². The lowest BCUT2D eigenvalue weighted by Gasteiger charge is -2.24. The Hall–Kier alpha value is -2.28. The van der Waals surface area contributed by atoms with E-state index in [1.165, 1.54) is 11.3 Å². The molecule has 0 unspecified atom stereocenters. The van der Waals surface area contributed by atoms with Crippen LogP contribution >= 0.6 is 11.6 Å². The minimum absolute atomic E-state index is 0.133. The maximum Gasteiger partial charge on any atom is 0.323 e. The standard InChI is InChI=1S/C18H24ClN3O4/c19-14-8-6-13(7-9-14)11-22(12-17(24)25)16(23)10-20-18(26)21-15-4-2-1-3-5-15/h6-9,15H,1-5,10-12H2,(H,24,25)(H2,20,21,26). The third-order valence-electron chi connectivity index (χ3n) is 4.31. The number of amides is 3. The molecule has 0 saturated heterocycles. The van der Waals surface area contributed by atoms with Crippen molar-refractivity contribution in [3.63, 3.8) is 0 Å². The second kappa shape index (κ2) is 10.0. The predicted octanol–water partition coefficient (Wildman–Crippen LogP) is 2.39. The van der Waals surface area contributed by atoms with Crippen LogP contribution in [-0.2, 0) is 16.1 Å². The van der Waals surface area contributed by atoms with E-state index >= 15 is 0 Å². The fourth-order valence-corrected chi connectivity index (χ4v) is 3.08. The van der Waals surface area contributed by atoms with Crippen LogP contribution in [0.15, 0.2) is 24.3 Å². The summed E-state index contributed by atoms with van der Waals surface area (Å²) in [4.78, 5) is 36.5. The van der Waals surface area contributed by atoms with Gasteiger partial charge in [-0.15, -0.1) is 0 Å². The average molecular weight is 382 g/mol. The monoisotopic (exact) mass is 381 g/mol. The van der Waals surface area contributed by atoms with Crippen LogP contribution in [0, 0.1) is 0 Å². The molecule has 1 aromatic rings. The summed E-state index contributed by atoms with van der Waals surface area (Å²) in [6, 6.07) is 6.56. The maximum atomic E-state index is 12.3. The molecule has 1 fully saturated rings. The first-order valence-corrected chi connectivity index (χ1v) is 9.10. The molecule has 0 atom stereocenters. The number of hydrogen-bond donors (Lipinski definition) is 3. The van der Waals surface area contributed by atoms with E-state index in [0.717, 1.165) is 31.2 Å². The van der Waals surface area contributed by atoms with Gasteiger partial charge in [0.2, 0.25) is 5.91 Å². The molecule has 1 aromatic carbocycles. The van der Waals surface area contributed by atoms with Crippen LogP contribution in [0.3, 0.4) is 0 Å². The van der Waals surface area contributed by atoms with Gasteiger partial charge in [-0.3, -0.25) is 9.59 Å². The molecule has 3 N–H and O–H groups in total. The third-order valence-corrected chi connectivity index (χ3v) is 4.56. The van der Waals surface area contributed by atoms with Gasteiger partial charge in [0, 0.05) is 17.6 Å². The molecule has 0 radical (unpaired) electrons. The van der Waals surface area contributed by atoms with Gasteiger partial charge in [0.25, 0.3) is 0 Å². The topological polar surface area (TPSA) is 98.7 Å². The van der Waals surface area contributed by atoms with E-state index in [2.05, 4.69) is 10.6 Å². The molecule has 3 amide bonds. The van der Waals surface area contributed by atoms with E-state index in [0.29, 0.717) is 5.02 Å². The lowest BCUT2D eigenvalue weighted by Crippen LogP contribution is -2.47. The van der Waals surface area contributed by atoms with Crippen LogP contribution in [0.25, 0.3) is 0 Å². The van der Waals surface area contributed by atoms with Gasteiger partial charge in [-0.25, -0.2) is 4.79 Å². The maximum absolute atomic E-state index is 12.3. The van der Waals surface area contributed by atoms with Crippen molar-refractivity contribution >= 4 is 29.5 Å². The molecule has 1 aliphatic carbocycles. The largest absolute Gasteiger partial charge is 0.480 e. The SMILES string of the molecule is O=C(O)CN(Cc1ccc(Cl)cc1)C(=O)CNC(=O)NC1CCCCC1. The summed E-state index contributed by atoms with van der Waals surface area (Å²) >= 11 is 5.83. The van der Waals surface area contributed by atoms with Crippen molar-refractivity contribution < 1.29 is 19.5 Å². The summed E-state index contributed by atoms with van der Waals surface area (Å²) in [5.74, 6) is -1.57. The Morgan fingerprint density at radius 1 is 1.12 bits per heavy atom. The number of carboxylic acid groups (broad SMARTS) is 1. The Morgan fingerprint density at radius 3 is 2.38 bits per heavy atom. The lowest BCUT2D eigenvalue weighted by atomic mass is 9.96. The first kappa shape index (κ1) is 20.0. The summed E-state index contributed by atoms with van der Waals surface area (Å²) in [6.07, 6.45) is 5.27. The number of benzene rings is 1. The highest BCUT2D eigenvalue weighted by Gasteiger charge is 2.19. The number of carbonyl (C=O) groups excluding carboxylic acids is 2. The molecule has 0 aliphatic heterocycles. The van der Waals surface area contributed by atoms with Crippen molar-refractivity contribution in [2.75, 3.05) is 13.1 Å². The van der Waals surface area contributed by atoms with Gasteiger partial charge in [0.05, 0.1) is 6.54 Å². The van der Waals surface area contributed by atoms with Gasteiger partial charge < -0.3 is 20.6 Å². The second-order valence-corrected chi connectivity index (χ2v) is 6.87. The van der Waals surface area contributed by atoms with Crippen molar-refractivity contribution in [3.05, 3.63) is 34.9 Å². The van der Waals surface area contributed by atoms with Gasteiger partial charge in [-0.2, -0.15) is 0 Å². The molecule has 0 heterocycles. The Balaban J connectivity index is 1.85. The number of carboxylic acids is 1. The smallest absolute Gasteiger partial charge is 0.323 e. The third kappa shape index (κ3) is 6.92. The van der Waals surface area contributed by atoms with E-state index in [4.69, 9.17) is 16.7 Å². The van der Waals surface area contributed by atoms with Crippen LogP contribution < -0.4 is 10.6 Å². The number of nitrogens with zero attached hydrogens (tertiary/aromatic N) is 1. The predicted molar refractivity (Wildman–Crippen MR) is 97.9 cm³/mol. The number of nitrogens with one attached hydrogen (secondary N) is 2. The molecular formula is C18H24ClN3O4. The minimum Gasteiger partial charge on any atom is -0.480 e. The fourth-order valence-electron chi connectivity index (χ4n) is 2.96. The average Bonchev–Trinajstić information content (AvgIpc) is 2.61. The van der Waals surface area contributed by atoms with Gasteiger partial charge >= 0.3 is 12.0 Å². The van der Waals surface area contributed by atoms with Gasteiger partial charge in [0.15, 0.2) is 0 Å². The number of aliphatic carboxylic acids is 1. The highest BCUT2D eigenvalue weighted by atomic mass is 35.5. The highest BCUT2D eigenvalue weighted by molar-refractivity contribution is 6.30. The van der Waals surface area contributed by atoms with Crippen molar-refractivity contribution in [3.8, 4) is 0 Å². The van der Waals surface area contributed by atoms with Crippen molar-refractivity contribution in [2.45, 2.75) is 44.7 Å². The molecule has 1 aliphatic rings. The van der Waals surface area contributed by atoms with E-state index in [9.17, 15) is 14.4 Å². The van der Waals surface area contributed by atoms with Crippen LogP contribution in [0.2, 0.25) is 5.02 Å². The molecule has 0 spiro atoms. The quantitative estimate of drug-likeness (QED) is 0.675. The Bertz CT molecular complexity index is 630. The molecule has 0 aromatic heterocycles. The van der Waals surface area contributed by atoms with E-state index in [1.807, 2.05) is 0 Å². The number of urea groups is 1. The van der Waals surface area contributed by atoms with Crippen LogP contribution in [0.1, 0.15) is 37.7 Å². The zero-order valence-corrected chi connectivity index (χ0v) is 15.3. The van der Waals surface area contributed by atoms with Crippen molar-refractivity contribution in [1.29, 1.82) is 0 Å². The summed E-state index contributed by atoms with van der Waals surface area (Å²) in [6.45, 7) is -0.555. The van der Waals surface area contributed by atoms with Gasteiger partial charge in [0.1, 0.15) is 6.54 Å². The molecule has 26 heavy (non-hydrogen) atoms. The summed E-state index contributed by atoms with van der Waals surface area (Å²) in [7, 11) is 0. The summed E-state index contributed by atoms with van der Waals surface area (Å²) < 4.78 is 0. The first-order valence-electron chi connectivity index (χ1n) is 8.72. The zero-order chi connectivity index (χ0) is 18.9. The van der Waals surface area contributed by atoms with E-state index in [1.54, 1.807) is 24.3 Å². The molecule has 0 bridgehead atoms. The first-order chi connectivity index (χ1) is 12.4. The molecule has 1 saturated carbocycles. The second-order valence-electron chi connectivity index (χ2n) is 6.43. The van der Waals surface area contributed by atoms with Crippen molar-refractivity contribution in [1.82, 2.24) is 15.5 Å². The minimum atomic E-state index is -1.11. The molecule has 7 nitrogen and oxygen atoms in total. The summed E-state index contributed by atoms with van der Waals surface area (Å²) in [5.41, 5.74) is 0.760. The highest BCUT2D eigenvalue weighted by Crippen LogP contribution is 2.17. The molecule has 142 valence electrons. The van der Waals surface area contributed by atoms with Crippen LogP contribution in [0.4, 0.5) is 4.79 Å². The van der Waals surface area contributed by atoms with Crippen molar-refractivity contribution in [2.24, 2.45) is 0 Å². The number of hydrogen-bond acceptors (Lipinski definition) is 3. The van der Waals surface area contributed by atoms with E-state index in [-0.39, 0.29) is 19.1 Å². The fraction of sp³-hybridized carbons (Fsp3) is 0.500. The summed E-state index contributed by atoms with van der Waals surface area (Å²) in [5, 5.41) is 15.0.